The molecule has 0 radical (unpaired) electrons. The Balaban J connectivity index is 2.15. The quantitative estimate of drug-likeness (QED) is 0.586. The predicted octanol–water partition coefficient (Wildman–Crippen LogP) is 3.65. The third kappa shape index (κ3) is 4.43. The third-order valence-electron chi connectivity index (χ3n) is 3.67. The number of nitro groups is 1. The molecule has 0 amide bonds. The molecule has 0 aliphatic heterocycles. The summed E-state index contributed by atoms with van der Waals surface area (Å²) in [6.45, 7) is 9.05. The lowest BCUT2D eigenvalue weighted by molar-refractivity contribution is -0.384. The maximum absolute atomic E-state index is 11.0. The number of anilines is 1. The second-order valence-corrected chi connectivity index (χ2v) is 6.19. The van der Waals surface area contributed by atoms with Gasteiger partial charge in [0, 0.05) is 31.7 Å². The lowest BCUT2D eigenvalue weighted by Gasteiger charge is -2.24. The van der Waals surface area contributed by atoms with Crippen molar-refractivity contribution in [2.75, 3.05) is 18.4 Å². The molecular weight excluding hydrogens is 266 g/mol. The summed E-state index contributed by atoms with van der Waals surface area (Å²) in [4.78, 5) is 13.2. The van der Waals surface area contributed by atoms with Crippen molar-refractivity contribution in [3.63, 3.8) is 0 Å². The van der Waals surface area contributed by atoms with Gasteiger partial charge in [0.15, 0.2) is 0 Å². The van der Waals surface area contributed by atoms with Gasteiger partial charge >= 0.3 is 0 Å². The van der Waals surface area contributed by atoms with E-state index in [4.69, 9.17) is 0 Å². The number of hydrogen-bond acceptors (Lipinski definition) is 4. The van der Waals surface area contributed by atoms with Crippen LogP contribution in [0.4, 0.5) is 11.4 Å². The first-order valence-corrected chi connectivity index (χ1v) is 7.76. The van der Waals surface area contributed by atoms with Crippen molar-refractivity contribution in [1.82, 2.24) is 4.90 Å². The van der Waals surface area contributed by atoms with Crippen molar-refractivity contribution >= 4 is 11.4 Å². The van der Waals surface area contributed by atoms with Crippen LogP contribution in [-0.4, -0.2) is 29.0 Å². The Bertz CT molecular complexity index is 498. The van der Waals surface area contributed by atoms with E-state index in [0.717, 1.165) is 18.7 Å². The van der Waals surface area contributed by atoms with E-state index in [1.54, 1.807) is 6.07 Å². The van der Waals surface area contributed by atoms with Crippen molar-refractivity contribution in [2.45, 2.75) is 46.2 Å². The second-order valence-electron chi connectivity index (χ2n) is 6.19. The van der Waals surface area contributed by atoms with Crippen LogP contribution in [0.25, 0.3) is 0 Å². The molecule has 1 aromatic carbocycles. The topological polar surface area (TPSA) is 58.4 Å². The molecule has 0 spiro atoms. The van der Waals surface area contributed by atoms with Gasteiger partial charge in [0.25, 0.3) is 5.69 Å². The predicted molar refractivity (Wildman–Crippen MR) is 85.5 cm³/mol. The van der Waals surface area contributed by atoms with Gasteiger partial charge in [0.1, 0.15) is 5.69 Å². The highest BCUT2D eigenvalue weighted by atomic mass is 16.6. The van der Waals surface area contributed by atoms with Crippen LogP contribution in [0.1, 0.15) is 39.2 Å². The smallest absolute Gasteiger partial charge is 0.292 e. The number of nitrogens with zero attached hydrogens (tertiary/aromatic N) is 2. The van der Waals surface area contributed by atoms with Crippen molar-refractivity contribution < 1.29 is 4.92 Å². The van der Waals surface area contributed by atoms with Gasteiger partial charge in [-0.25, -0.2) is 0 Å². The summed E-state index contributed by atoms with van der Waals surface area (Å²) in [5.41, 5.74) is 1.92. The van der Waals surface area contributed by atoms with Crippen LogP contribution in [0.15, 0.2) is 18.2 Å². The van der Waals surface area contributed by atoms with Crippen molar-refractivity contribution in [3.8, 4) is 0 Å². The summed E-state index contributed by atoms with van der Waals surface area (Å²) < 4.78 is 0. The zero-order valence-electron chi connectivity index (χ0n) is 13.1. The molecule has 0 aromatic heterocycles. The molecule has 0 saturated heterocycles. The lowest BCUT2D eigenvalue weighted by atomic mass is 10.1. The zero-order chi connectivity index (χ0) is 15.4. The van der Waals surface area contributed by atoms with E-state index in [1.807, 2.05) is 19.1 Å². The fourth-order valence-electron chi connectivity index (χ4n) is 2.66. The molecule has 5 heteroatoms. The summed E-state index contributed by atoms with van der Waals surface area (Å²) in [6, 6.07) is 6.13. The lowest BCUT2D eigenvalue weighted by Crippen LogP contribution is -2.29. The minimum absolute atomic E-state index is 0.155. The minimum Gasteiger partial charge on any atom is -0.380 e. The first kappa shape index (κ1) is 15.8. The van der Waals surface area contributed by atoms with Crippen LogP contribution < -0.4 is 5.32 Å². The maximum atomic E-state index is 11.0. The van der Waals surface area contributed by atoms with E-state index >= 15 is 0 Å². The number of benzene rings is 1. The van der Waals surface area contributed by atoms with Crippen molar-refractivity contribution in [1.29, 1.82) is 0 Å². The molecule has 1 N–H and O–H groups in total. The van der Waals surface area contributed by atoms with Gasteiger partial charge in [-0.15, -0.1) is 0 Å². The molecule has 0 atom stereocenters. The largest absolute Gasteiger partial charge is 0.380 e. The molecule has 0 bridgehead atoms. The molecule has 2 rings (SSSR count). The molecule has 1 aliphatic carbocycles. The van der Waals surface area contributed by atoms with Crippen LogP contribution in [-0.2, 0) is 6.54 Å². The third-order valence-corrected chi connectivity index (χ3v) is 3.67. The number of nitrogens with one attached hydrogen (secondary N) is 1. The molecule has 0 heterocycles. The molecular formula is C16H25N3O2. The van der Waals surface area contributed by atoms with Gasteiger partial charge < -0.3 is 5.32 Å². The fourth-order valence-corrected chi connectivity index (χ4v) is 2.66. The Morgan fingerprint density at radius 3 is 2.67 bits per heavy atom. The molecule has 116 valence electrons. The second kappa shape index (κ2) is 6.89. The first-order chi connectivity index (χ1) is 10.0. The Labute approximate surface area is 126 Å². The number of nitro benzene ring substituents is 1. The Morgan fingerprint density at radius 2 is 2.14 bits per heavy atom. The zero-order valence-corrected chi connectivity index (χ0v) is 13.1. The highest BCUT2D eigenvalue weighted by molar-refractivity contribution is 5.62. The number of hydrogen-bond donors (Lipinski definition) is 1. The average molecular weight is 291 g/mol. The Morgan fingerprint density at radius 1 is 1.43 bits per heavy atom. The molecule has 0 unspecified atom stereocenters. The Hall–Kier alpha value is -1.62. The first-order valence-electron chi connectivity index (χ1n) is 7.76. The van der Waals surface area contributed by atoms with E-state index in [9.17, 15) is 10.1 Å². The summed E-state index contributed by atoms with van der Waals surface area (Å²) in [5.74, 6) is 0.636. The van der Waals surface area contributed by atoms with E-state index in [-0.39, 0.29) is 10.6 Å². The van der Waals surface area contributed by atoms with Crippen LogP contribution >= 0.6 is 0 Å². The summed E-state index contributed by atoms with van der Waals surface area (Å²) in [6.07, 6.45) is 2.56. The van der Waals surface area contributed by atoms with Gasteiger partial charge in [-0.3, -0.25) is 15.0 Å². The molecule has 1 saturated carbocycles. The summed E-state index contributed by atoms with van der Waals surface area (Å²) >= 11 is 0. The van der Waals surface area contributed by atoms with E-state index in [1.165, 1.54) is 12.8 Å². The van der Waals surface area contributed by atoms with Crippen molar-refractivity contribution in [2.24, 2.45) is 5.92 Å². The van der Waals surface area contributed by atoms with Gasteiger partial charge in [0.05, 0.1) is 4.92 Å². The normalized spacial score (nSPS) is 14.7. The number of rotatable bonds is 8. The van der Waals surface area contributed by atoms with Gasteiger partial charge in [0.2, 0.25) is 0 Å². The standard InChI is InChI=1S/C16H25N3O2/c1-4-17-15-9-13(5-8-16(15)19(20)21)11-18(10-12(2)3)14-6-7-14/h5,8-9,12,14,17H,4,6-7,10-11H2,1-3H3. The fraction of sp³-hybridized carbons (Fsp3) is 0.625. The average Bonchev–Trinajstić information content (AvgIpc) is 3.22. The monoisotopic (exact) mass is 291 g/mol. The SMILES string of the molecule is CCNc1cc(CN(CC(C)C)C2CC2)ccc1[N+](=O)[O-]. The highest BCUT2D eigenvalue weighted by Crippen LogP contribution is 2.31. The molecule has 21 heavy (non-hydrogen) atoms. The molecule has 5 nitrogen and oxygen atoms in total. The minimum atomic E-state index is -0.325. The van der Waals surface area contributed by atoms with E-state index < -0.39 is 0 Å². The highest BCUT2D eigenvalue weighted by Gasteiger charge is 2.29. The maximum Gasteiger partial charge on any atom is 0.292 e. The summed E-state index contributed by atoms with van der Waals surface area (Å²) in [7, 11) is 0. The molecule has 1 aromatic rings. The molecule has 1 fully saturated rings. The van der Waals surface area contributed by atoms with Crippen molar-refractivity contribution in [3.05, 3.63) is 33.9 Å². The van der Waals surface area contributed by atoms with E-state index in [0.29, 0.717) is 24.2 Å². The summed E-state index contributed by atoms with van der Waals surface area (Å²) in [5, 5.41) is 14.1. The van der Waals surface area contributed by atoms with Crippen LogP contribution in [0.5, 0.6) is 0 Å². The Kier molecular flexibility index (Phi) is 5.17. The van der Waals surface area contributed by atoms with Gasteiger partial charge in [-0.1, -0.05) is 19.9 Å². The van der Waals surface area contributed by atoms with Gasteiger partial charge in [-0.05, 0) is 37.3 Å². The molecule has 1 aliphatic rings. The van der Waals surface area contributed by atoms with E-state index in [2.05, 4.69) is 24.1 Å². The van der Waals surface area contributed by atoms with Crippen LogP contribution in [0.2, 0.25) is 0 Å². The van der Waals surface area contributed by atoms with Crippen LogP contribution in [0.3, 0.4) is 0 Å². The van der Waals surface area contributed by atoms with Crippen LogP contribution in [0, 0.1) is 16.0 Å². The van der Waals surface area contributed by atoms with Gasteiger partial charge in [-0.2, -0.15) is 0 Å².